The number of anilines is 1. The van der Waals surface area contributed by atoms with E-state index in [-0.39, 0.29) is 5.57 Å². The van der Waals surface area contributed by atoms with Gasteiger partial charge in [-0.3, -0.25) is 4.79 Å². The zero-order valence-corrected chi connectivity index (χ0v) is 15.6. The van der Waals surface area contributed by atoms with Crippen molar-refractivity contribution in [1.82, 2.24) is 0 Å². The molecule has 6 heteroatoms. The molecule has 0 saturated carbocycles. The third-order valence-electron chi connectivity index (χ3n) is 3.59. The summed E-state index contributed by atoms with van der Waals surface area (Å²) in [5, 5.41) is 12.1. The van der Waals surface area contributed by atoms with Gasteiger partial charge in [0.1, 0.15) is 17.4 Å². The van der Waals surface area contributed by atoms with Gasteiger partial charge in [0, 0.05) is 5.69 Å². The van der Waals surface area contributed by atoms with Crippen LogP contribution in [-0.4, -0.2) is 26.2 Å². The number of hydrogen-bond donors (Lipinski definition) is 1. The molecule has 27 heavy (non-hydrogen) atoms. The van der Waals surface area contributed by atoms with E-state index in [1.165, 1.54) is 6.08 Å². The molecule has 0 saturated heterocycles. The number of benzene rings is 2. The van der Waals surface area contributed by atoms with E-state index < -0.39 is 5.91 Å². The normalized spacial score (nSPS) is 10.7. The molecular weight excluding hydrogens is 344 g/mol. The van der Waals surface area contributed by atoms with Crippen LogP contribution < -0.4 is 19.5 Å². The summed E-state index contributed by atoms with van der Waals surface area (Å²) in [7, 11) is 1.55. The molecule has 1 N–H and O–H groups in total. The first-order valence-corrected chi connectivity index (χ1v) is 8.58. The van der Waals surface area contributed by atoms with E-state index in [1.807, 2.05) is 19.9 Å². The summed E-state index contributed by atoms with van der Waals surface area (Å²) in [4.78, 5) is 12.4. The van der Waals surface area contributed by atoms with E-state index in [2.05, 4.69) is 5.32 Å². The Morgan fingerprint density at radius 2 is 1.78 bits per heavy atom. The molecule has 140 valence electrons. The van der Waals surface area contributed by atoms with Gasteiger partial charge in [-0.1, -0.05) is 6.07 Å². The van der Waals surface area contributed by atoms with Crippen molar-refractivity contribution in [3.8, 4) is 23.3 Å². The summed E-state index contributed by atoms with van der Waals surface area (Å²) in [5.41, 5.74) is 1.23. The average molecular weight is 366 g/mol. The minimum atomic E-state index is -0.490. The van der Waals surface area contributed by atoms with Crippen LogP contribution in [0.4, 0.5) is 5.69 Å². The number of nitrogens with one attached hydrogen (secondary N) is 1. The van der Waals surface area contributed by atoms with Crippen molar-refractivity contribution in [3.05, 3.63) is 53.6 Å². The van der Waals surface area contributed by atoms with Crippen molar-refractivity contribution in [2.75, 3.05) is 25.6 Å². The minimum Gasteiger partial charge on any atom is -0.494 e. The lowest BCUT2D eigenvalue weighted by molar-refractivity contribution is -0.112. The molecule has 0 atom stereocenters. The number of hydrogen-bond acceptors (Lipinski definition) is 5. The standard InChI is InChI=1S/C21H22N2O4/c1-4-26-18-9-7-17(8-10-18)23-21(24)16(14-22)12-15-6-11-19(25-3)20(13-15)27-5-2/h6-13H,4-5H2,1-3H3,(H,23,24)/b16-12-. The molecule has 2 aromatic carbocycles. The second-order valence-corrected chi connectivity index (χ2v) is 5.42. The Labute approximate surface area is 159 Å². The van der Waals surface area contributed by atoms with Gasteiger partial charge in [0.05, 0.1) is 20.3 Å². The number of carbonyl (C=O) groups excluding carboxylic acids is 1. The Bertz CT molecular complexity index is 851. The van der Waals surface area contributed by atoms with Crippen molar-refractivity contribution in [2.45, 2.75) is 13.8 Å². The zero-order chi connectivity index (χ0) is 19.6. The minimum absolute atomic E-state index is 0.0171. The van der Waals surface area contributed by atoms with Crippen LogP contribution in [0.25, 0.3) is 6.08 Å². The lowest BCUT2D eigenvalue weighted by Crippen LogP contribution is -2.13. The number of nitriles is 1. The summed E-state index contributed by atoms with van der Waals surface area (Å²) in [6, 6.07) is 14.1. The first-order chi connectivity index (χ1) is 13.1. The lowest BCUT2D eigenvalue weighted by atomic mass is 10.1. The van der Waals surface area contributed by atoms with Crippen LogP contribution in [0.3, 0.4) is 0 Å². The lowest BCUT2D eigenvalue weighted by Gasteiger charge is -2.10. The molecule has 0 aliphatic carbocycles. The largest absolute Gasteiger partial charge is 0.494 e. The molecule has 0 spiro atoms. The first-order valence-electron chi connectivity index (χ1n) is 8.58. The highest BCUT2D eigenvalue weighted by Crippen LogP contribution is 2.29. The van der Waals surface area contributed by atoms with Crippen molar-refractivity contribution >= 4 is 17.7 Å². The fourth-order valence-corrected chi connectivity index (χ4v) is 2.37. The van der Waals surface area contributed by atoms with Gasteiger partial charge in [-0.2, -0.15) is 5.26 Å². The van der Waals surface area contributed by atoms with Gasteiger partial charge in [0.25, 0.3) is 5.91 Å². The first kappa shape index (κ1) is 19.9. The number of ether oxygens (including phenoxy) is 3. The summed E-state index contributed by atoms with van der Waals surface area (Å²) in [5.74, 6) is 1.37. The topological polar surface area (TPSA) is 80.6 Å². The van der Waals surface area contributed by atoms with Gasteiger partial charge >= 0.3 is 0 Å². The van der Waals surface area contributed by atoms with E-state index in [0.717, 1.165) is 0 Å². The van der Waals surface area contributed by atoms with Gasteiger partial charge in [-0.25, -0.2) is 0 Å². The molecule has 0 radical (unpaired) electrons. The Hall–Kier alpha value is -3.46. The summed E-state index contributed by atoms with van der Waals surface area (Å²) >= 11 is 0. The molecule has 0 fully saturated rings. The van der Waals surface area contributed by atoms with Gasteiger partial charge in [0.2, 0.25) is 0 Å². The second-order valence-electron chi connectivity index (χ2n) is 5.42. The summed E-state index contributed by atoms with van der Waals surface area (Å²) in [6.45, 7) is 4.81. The van der Waals surface area contributed by atoms with Crippen molar-refractivity contribution in [3.63, 3.8) is 0 Å². The number of methoxy groups -OCH3 is 1. The number of rotatable bonds is 8. The molecule has 0 unspecified atom stereocenters. The molecule has 6 nitrogen and oxygen atoms in total. The smallest absolute Gasteiger partial charge is 0.266 e. The SMILES string of the molecule is CCOc1ccc(NC(=O)/C(C#N)=C\c2ccc(OC)c(OCC)c2)cc1. The Morgan fingerprint density at radius 3 is 2.37 bits per heavy atom. The predicted molar refractivity (Wildman–Crippen MR) is 104 cm³/mol. The molecular formula is C21H22N2O4. The fourth-order valence-electron chi connectivity index (χ4n) is 2.37. The molecule has 0 aliphatic heterocycles. The van der Waals surface area contributed by atoms with Crippen LogP contribution >= 0.6 is 0 Å². The molecule has 2 rings (SSSR count). The number of carbonyl (C=O) groups is 1. The molecule has 0 aromatic heterocycles. The van der Waals surface area contributed by atoms with Crippen molar-refractivity contribution in [1.29, 1.82) is 5.26 Å². The third kappa shape index (κ3) is 5.51. The van der Waals surface area contributed by atoms with E-state index >= 15 is 0 Å². The van der Waals surface area contributed by atoms with Gasteiger partial charge in [0.15, 0.2) is 11.5 Å². The van der Waals surface area contributed by atoms with Crippen LogP contribution in [0.2, 0.25) is 0 Å². The van der Waals surface area contributed by atoms with Crippen LogP contribution in [0.5, 0.6) is 17.2 Å². The van der Waals surface area contributed by atoms with Crippen molar-refractivity contribution < 1.29 is 19.0 Å². The van der Waals surface area contributed by atoms with E-state index in [9.17, 15) is 10.1 Å². The second kappa shape index (κ2) is 9.88. The van der Waals surface area contributed by atoms with E-state index in [1.54, 1.807) is 49.6 Å². The van der Waals surface area contributed by atoms with Crippen LogP contribution in [0.15, 0.2) is 48.0 Å². The molecule has 0 bridgehead atoms. The van der Waals surface area contributed by atoms with Crippen LogP contribution in [-0.2, 0) is 4.79 Å². The maximum absolute atomic E-state index is 12.4. The van der Waals surface area contributed by atoms with Gasteiger partial charge < -0.3 is 19.5 Å². The monoisotopic (exact) mass is 366 g/mol. The Kier molecular flexibility index (Phi) is 7.26. The highest BCUT2D eigenvalue weighted by Gasteiger charge is 2.11. The summed E-state index contributed by atoms with van der Waals surface area (Å²) in [6.07, 6.45) is 1.51. The van der Waals surface area contributed by atoms with Gasteiger partial charge in [-0.15, -0.1) is 0 Å². The zero-order valence-electron chi connectivity index (χ0n) is 15.6. The Morgan fingerprint density at radius 1 is 1.07 bits per heavy atom. The fraction of sp³-hybridized carbons (Fsp3) is 0.238. The van der Waals surface area contributed by atoms with E-state index in [4.69, 9.17) is 14.2 Å². The molecule has 2 aromatic rings. The molecule has 0 heterocycles. The van der Waals surface area contributed by atoms with Crippen LogP contribution in [0.1, 0.15) is 19.4 Å². The van der Waals surface area contributed by atoms with Gasteiger partial charge in [-0.05, 0) is 61.9 Å². The predicted octanol–water partition coefficient (Wildman–Crippen LogP) is 4.04. The van der Waals surface area contributed by atoms with Crippen LogP contribution in [0, 0.1) is 11.3 Å². The Balaban J connectivity index is 2.18. The number of nitrogens with zero attached hydrogens (tertiary/aromatic N) is 1. The number of amides is 1. The maximum Gasteiger partial charge on any atom is 0.266 e. The average Bonchev–Trinajstić information content (AvgIpc) is 2.68. The highest BCUT2D eigenvalue weighted by molar-refractivity contribution is 6.09. The quantitative estimate of drug-likeness (QED) is 0.563. The van der Waals surface area contributed by atoms with E-state index in [0.29, 0.717) is 41.7 Å². The summed E-state index contributed by atoms with van der Waals surface area (Å²) < 4.78 is 16.1. The maximum atomic E-state index is 12.4. The molecule has 0 aliphatic rings. The highest BCUT2D eigenvalue weighted by atomic mass is 16.5. The molecule has 1 amide bonds. The third-order valence-corrected chi connectivity index (χ3v) is 3.59. The van der Waals surface area contributed by atoms with Crippen molar-refractivity contribution in [2.24, 2.45) is 0 Å².